The summed E-state index contributed by atoms with van der Waals surface area (Å²) in [6.45, 7) is 0.785. The Kier molecular flexibility index (Phi) is 6.19. The first-order valence-electron chi connectivity index (χ1n) is 11.1. The number of thioether (sulfide) groups is 1. The first kappa shape index (κ1) is 22.8. The molecule has 178 valence electrons. The Hall–Kier alpha value is -2.01. The lowest BCUT2D eigenvalue weighted by atomic mass is 9.49. The number of rotatable bonds is 8. The monoisotopic (exact) mass is 498 g/mol. The van der Waals surface area contributed by atoms with E-state index in [1.807, 2.05) is 0 Å². The molecule has 0 atom stereocenters. The van der Waals surface area contributed by atoms with Crippen molar-refractivity contribution in [2.24, 2.45) is 23.2 Å². The van der Waals surface area contributed by atoms with Crippen molar-refractivity contribution in [3.05, 3.63) is 24.3 Å². The Morgan fingerprint density at radius 2 is 1.73 bits per heavy atom. The van der Waals surface area contributed by atoms with Crippen LogP contribution < -0.4 is 15.4 Å². The van der Waals surface area contributed by atoms with Crippen molar-refractivity contribution in [1.82, 2.24) is 15.5 Å². The number of amides is 1. The minimum Gasteiger partial charge on any atom is -0.406 e. The molecule has 4 aliphatic carbocycles. The highest BCUT2D eigenvalue weighted by molar-refractivity contribution is 8.01. The van der Waals surface area contributed by atoms with E-state index >= 15 is 0 Å². The van der Waals surface area contributed by atoms with Crippen LogP contribution in [0, 0.1) is 23.2 Å². The number of ether oxygens (including phenoxy) is 1. The number of carbonyl (C=O) groups excluding carboxylic acids is 1. The molecule has 11 heteroatoms. The van der Waals surface area contributed by atoms with E-state index in [9.17, 15) is 18.0 Å². The molecule has 0 unspecified atom stereocenters. The Bertz CT molecular complexity index is 961. The van der Waals surface area contributed by atoms with Crippen molar-refractivity contribution in [2.75, 3.05) is 17.6 Å². The fourth-order valence-corrected chi connectivity index (χ4v) is 7.75. The second-order valence-corrected chi connectivity index (χ2v) is 11.8. The van der Waals surface area contributed by atoms with Gasteiger partial charge in [-0.15, -0.1) is 23.4 Å². The average molecular weight is 499 g/mol. The topological polar surface area (TPSA) is 76.1 Å². The van der Waals surface area contributed by atoms with Crippen LogP contribution in [0.1, 0.15) is 38.5 Å². The van der Waals surface area contributed by atoms with E-state index in [-0.39, 0.29) is 17.4 Å². The van der Waals surface area contributed by atoms with Crippen LogP contribution in [0.4, 0.5) is 24.0 Å². The lowest BCUT2D eigenvalue weighted by molar-refractivity contribution is -0.274. The number of anilines is 2. The van der Waals surface area contributed by atoms with Crippen molar-refractivity contribution in [3.63, 3.8) is 0 Å². The minimum atomic E-state index is -4.72. The maximum atomic E-state index is 12.5. The van der Waals surface area contributed by atoms with Gasteiger partial charge in [-0.25, -0.2) is 0 Å². The van der Waals surface area contributed by atoms with Gasteiger partial charge in [0.2, 0.25) is 11.0 Å². The molecule has 4 aliphatic rings. The number of benzene rings is 1. The summed E-state index contributed by atoms with van der Waals surface area (Å²) in [5.74, 6) is 2.60. The molecule has 4 bridgehead atoms. The summed E-state index contributed by atoms with van der Waals surface area (Å²) in [7, 11) is 0. The number of alkyl halides is 3. The summed E-state index contributed by atoms with van der Waals surface area (Å²) in [4.78, 5) is 12.5. The molecule has 0 aliphatic heterocycles. The number of hydrogen-bond donors (Lipinski definition) is 2. The number of nitrogens with one attached hydrogen (secondary N) is 2. The second kappa shape index (κ2) is 8.98. The van der Waals surface area contributed by atoms with Gasteiger partial charge in [0, 0.05) is 12.2 Å². The van der Waals surface area contributed by atoms with Crippen LogP contribution in [0.15, 0.2) is 28.6 Å². The van der Waals surface area contributed by atoms with E-state index in [0.29, 0.717) is 20.6 Å². The van der Waals surface area contributed by atoms with E-state index in [1.165, 1.54) is 85.9 Å². The largest absolute Gasteiger partial charge is 0.573 e. The van der Waals surface area contributed by atoms with E-state index in [4.69, 9.17) is 0 Å². The van der Waals surface area contributed by atoms with Crippen LogP contribution in [-0.4, -0.2) is 34.8 Å². The molecule has 33 heavy (non-hydrogen) atoms. The van der Waals surface area contributed by atoms with Crippen molar-refractivity contribution >= 4 is 39.8 Å². The Morgan fingerprint density at radius 3 is 2.33 bits per heavy atom. The normalized spacial score (nSPS) is 28.0. The van der Waals surface area contributed by atoms with Crippen LogP contribution in [0.5, 0.6) is 5.75 Å². The molecular weight excluding hydrogens is 473 g/mol. The highest BCUT2D eigenvalue weighted by Gasteiger charge is 2.50. The maximum Gasteiger partial charge on any atom is 0.573 e. The molecule has 4 saturated carbocycles. The molecule has 0 spiro atoms. The van der Waals surface area contributed by atoms with E-state index in [0.717, 1.165) is 24.3 Å². The molecule has 4 fully saturated rings. The quantitative estimate of drug-likeness (QED) is 0.461. The third-order valence-corrected chi connectivity index (χ3v) is 8.87. The van der Waals surface area contributed by atoms with Gasteiger partial charge in [0.1, 0.15) is 5.75 Å². The van der Waals surface area contributed by atoms with Gasteiger partial charge in [0.25, 0.3) is 0 Å². The molecule has 0 radical (unpaired) electrons. The zero-order valence-corrected chi connectivity index (χ0v) is 19.5. The Labute approximate surface area is 198 Å². The summed E-state index contributed by atoms with van der Waals surface area (Å²) in [6.07, 6.45) is 3.25. The minimum absolute atomic E-state index is 0.0145. The first-order valence-corrected chi connectivity index (χ1v) is 12.9. The van der Waals surface area contributed by atoms with Gasteiger partial charge >= 0.3 is 6.36 Å². The molecule has 6 rings (SSSR count). The van der Waals surface area contributed by atoms with Crippen LogP contribution in [0.3, 0.4) is 0 Å². The number of carbonyl (C=O) groups is 1. The SMILES string of the molecule is O=C(CSc1nnc(Nc2ccc(OC(F)(F)F)cc2)s1)NCC12CC3CC(CC(C3)C1)C2. The van der Waals surface area contributed by atoms with Crippen molar-refractivity contribution in [1.29, 1.82) is 0 Å². The summed E-state index contributed by atoms with van der Waals surface area (Å²) in [5, 5.41) is 14.8. The lowest BCUT2D eigenvalue weighted by Gasteiger charge is -2.56. The third-order valence-electron chi connectivity index (χ3n) is 6.90. The maximum absolute atomic E-state index is 12.5. The summed E-state index contributed by atoms with van der Waals surface area (Å²) in [5.41, 5.74) is 0.876. The van der Waals surface area contributed by atoms with Crippen molar-refractivity contribution in [3.8, 4) is 5.75 Å². The molecule has 2 N–H and O–H groups in total. The third kappa shape index (κ3) is 5.74. The highest BCUT2D eigenvalue weighted by atomic mass is 32.2. The molecule has 1 aromatic heterocycles. The molecule has 0 saturated heterocycles. The first-order chi connectivity index (χ1) is 15.7. The number of aromatic nitrogens is 2. The Balaban J connectivity index is 1.07. The zero-order chi connectivity index (χ0) is 23.1. The van der Waals surface area contributed by atoms with E-state index in [1.54, 1.807) is 0 Å². The zero-order valence-electron chi connectivity index (χ0n) is 17.9. The molecule has 1 aromatic carbocycles. The predicted octanol–water partition coefficient (Wildman–Crippen LogP) is 5.61. The van der Waals surface area contributed by atoms with Crippen molar-refractivity contribution in [2.45, 2.75) is 49.2 Å². The molecule has 6 nitrogen and oxygen atoms in total. The summed E-state index contributed by atoms with van der Waals surface area (Å²) >= 11 is 2.62. The van der Waals surface area contributed by atoms with E-state index in [2.05, 4.69) is 25.6 Å². The van der Waals surface area contributed by atoms with Crippen molar-refractivity contribution < 1.29 is 22.7 Å². The fraction of sp³-hybridized carbons (Fsp3) is 0.591. The second-order valence-electron chi connectivity index (χ2n) is 9.55. The van der Waals surface area contributed by atoms with Gasteiger partial charge in [0.05, 0.1) is 5.75 Å². The molecule has 2 aromatic rings. The van der Waals surface area contributed by atoms with Crippen LogP contribution >= 0.6 is 23.1 Å². The smallest absolute Gasteiger partial charge is 0.406 e. The predicted molar refractivity (Wildman–Crippen MR) is 121 cm³/mol. The summed E-state index contributed by atoms with van der Waals surface area (Å²) in [6, 6.07) is 5.38. The van der Waals surface area contributed by atoms with E-state index < -0.39 is 6.36 Å². The number of nitrogens with zero attached hydrogens (tertiary/aromatic N) is 2. The van der Waals surface area contributed by atoms with Gasteiger partial charge in [-0.3, -0.25) is 4.79 Å². The number of hydrogen-bond acceptors (Lipinski definition) is 7. The fourth-order valence-electron chi connectivity index (χ4n) is 6.15. The lowest BCUT2D eigenvalue weighted by Crippen LogP contribution is -2.51. The molecule has 1 amide bonds. The van der Waals surface area contributed by atoms with Gasteiger partial charge in [-0.2, -0.15) is 0 Å². The summed E-state index contributed by atoms with van der Waals surface area (Å²) < 4.78 is 41.3. The van der Waals surface area contributed by atoms with Gasteiger partial charge in [0.15, 0.2) is 4.34 Å². The van der Waals surface area contributed by atoms with Crippen LogP contribution in [-0.2, 0) is 4.79 Å². The van der Waals surface area contributed by atoms with Crippen LogP contribution in [0.25, 0.3) is 0 Å². The average Bonchev–Trinajstić information content (AvgIpc) is 3.18. The molecule has 1 heterocycles. The number of halogens is 3. The van der Waals surface area contributed by atoms with Gasteiger partial charge in [-0.1, -0.05) is 23.1 Å². The Morgan fingerprint density at radius 1 is 1.09 bits per heavy atom. The molecular formula is C22H25F3N4O2S2. The van der Waals surface area contributed by atoms with Gasteiger partial charge < -0.3 is 15.4 Å². The van der Waals surface area contributed by atoms with Gasteiger partial charge in [-0.05, 0) is 86.0 Å². The highest BCUT2D eigenvalue weighted by Crippen LogP contribution is 2.59. The standard InChI is InChI=1S/C22H25F3N4O2S2/c23-22(24,25)31-17-3-1-16(2-4-17)27-19-28-29-20(33-19)32-11-18(30)26-12-21-8-13-5-14(9-21)7-15(6-13)10-21/h1-4,13-15H,5-12H2,(H,26,30)(H,27,28). The van der Waals surface area contributed by atoms with Crippen LogP contribution in [0.2, 0.25) is 0 Å².